The van der Waals surface area contributed by atoms with Crippen LogP contribution in [0.1, 0.15) is 18.2 Å². The van der Waals surface area contributed by atoms with Crippen molar-refractivity contribution in [2.45, 2.75) is 65.5 Å². The van der Waals surface area contributed by atoms with Crippen molar-refractivity contribution in [3.05, 3.63) is 35.9 Å². The van der Waals surface area contributed by atoms with Crippen LogP contribution in [0.2, 0.25) is 0 Å². The molecule has 1 heterocycles. The molecule has 3 nitrogen and oxygen atoms in total. The minimum absolute atomic E-state index is 0.197. The average molecular weight is 611 g/mol. The van der Waals surface area contributed by atoms with Crippen LogP contribution in [0.5, 0.6) is 0 Å². The lowest BCUT2D eigenvalue weighted by Gasteiger charge is -2.45. The van der Waals surface area contributed by atoms with Gasteiger partial charge in [-0.05, 0) is 17.2 Å². The molecule has 1 fully saturated rings. The van der Waals surface area contributed by atoms with Crippen LogP contribution in [-0.2, 0) is 4.79 Å². The van der Waals surface area contributed by atoms with E-state index in [0.29, 0.717) is 0 Å². The summed E-state index contributed by atoms with van der Waals surface area (Å²) in [5.41, 5.74) is -0.197. The number of benzene rings is 1. The Morgan fingerprint density at radius 2 is 1.03 bits per heavy atom. The van der Waals surface area contributed by atoms with E-state index < -0.39 is 71.4 Å². The highest BCUT2D eigenvalue weighted by molar-refractivity contribution is 6.22. The van der Waals surface area contributed by atoms with E-state index in [1.54, 1.807) is 0 Å². The van der Waals surface area contributed by atoms with Gasteiger partial charge in [0.1, 0.15) is 6.17 Å². The molecule has 2 rings (SSSR count). The van der Waals surface area contributed by atoms with Gasteiger partial charge in [0.2, 0.25) is 5.91 Å². The number of halogens is 17. The van der Waals surface area contributed by atoms with Crippen LogP contribution in [-0.4, -0.2) is 58.8 Å². The Morgan fingerprint density at radius 1 is 0.632 bits per heavy atom. The summed E-state index contributed by atoms with van der Waals surface area (Å²) in [6.45, 7) is 0. The van der Waals surface area contributed by atoms with Crippen LogP contribution in [0.3, 0.4) is 0 Å². The molecule has 1 saturated heterocycles. The monoisotopic (exact) mass is 610 g/mol. The molecule has 0 radical (unpaired) electrons. The van der Waals surface area contributed by atoms with E-state index in [1.165, 1.54) is 23.5 Å². The Balaban J connectivity index is 2.56. The van der Waals surface area contributed by atoms with Gasteiger partial charge in [-0.15, -0.1) is 0 Å². The zero-order valence-corrected chi connectivity index (χ0v) is 18.3. The maximum absolute atomic E-state index is 14.6. The number of carbonyl (C=O) groups excluding carboxylic acids is 1. The van der Waals surface area contributed by atoms with Gasteiger partial charge in [-0.3, -0.25) is 10.1 Å². The van der Waals surface area contributed by atoms with Crippen molar-refractivity contribution in [1.82, 2.24) is 10.6 Å². The molecular formula is C18H11ClF16N2O. The molecule has 20 heteroatoms. The predicted molar refractivity (Wildman–Crippen MR) is 94.3 cm³/mol. The summed E-state index contributed by atoms with van der Waals surface area (Å²) in [4.78, 5) is 11.7. The predicted octanol–water partition coefficient (Wildman–Crippen LogP) is 6.44. The minimum atomic E-state index is -8.56. The second-order valence-electron chi connectivity index (χ2n) is 7.90. The summed E-state index contributed by atoms with van der Waals surface area (Å²) in [7, 11) is 0. The fourth-order valence-electron chi connectivity index (χ4n) is 3.16. The SMILES string of the molecule is O=C1CC(C(F)(F)C(F)(F)C(F)(F)C(F)(F)C(F)(F)C(F)(F)C(F)(F)C(F)(F)Cl)NC(c2ccccc2)N1. The van der Waals surface area contributed by atoms with E-state index in [9.17, 15) is 75.0 Å². The zero-order valence-electron chi connectivity index (χ0n) is 17.6. The molecule has 0 aromatic heterocycles. The summed E-state index contributed by atoms with van der Waals surface area (Å²) in [6, 6.07) is 2.30. The lowest BCUT2D eigenvalue weighted by atomic mass is 9.86. The Bertz CT molecular complexity index is 1030. The maximum Gasteiger partial charge on any atom is 0.393 e. The van der Waals surface area contributed by atoms with Crippen molar-refractivity contribution in [1.29, 1.82) is 0 Å². The Morgan fingerprint density at radius 3 is 1.45 bits per heavy atom. The number of amides is 1. The van der Waals surface area contributed by atoms with Gasteiger partial charge in [0.05, 0.1) is 6.04 Å². The van der Waals surface area contributed by atoms with Gasteiger partial charge in [-0.2, -0.15) is 70.2 Å². The molecule has 38 heavy (non-hydrogen) atoms. The third-order valence-electron chi connectivity index (χ3n) is 5.38. The first-order valence-electron chi connectivity index (χ1n) is 9.53. The molecule has 0 aliphatic carbocycles. The first kappa shape index (κ1) is 32.0. The Labute approximate surface area is 205 Å². The lowest BCUT2D eigenvalue weighted by Crippen LogP contribution is -2.76. The largest absolute Gasteiger partial charge is 0.393 e. The van der Waals surface area contributed by atoms with Gasteiger partial charge in [-0.25, -0.2) is 0 Å². The molecule has 1 aliphatic heterocycles. The van der Waals surface area contributed by atoms with Crippen molar-refractivity contribution in [2.75, 3.05) is 0 Å². The molecule has 218 valence electrons. The maximum atomic E-state index is 14.6. The van der Waals surface area contributed by atoms with Crippen LogP contribution in [0.15, 0.2) is 30.3 Å². The Hall–Kier alpha value is -2.18. The molecule has 0 spiro atoms. The number of alkyl halides is 17. The number of carbonyl (C=O) groups is 1. The van der Waals surface area contributed by atoms with E-state index >= 15 is 0 Å². The highest BCUT2D eigenvalue weighted by Gasteiger charge is 2.95. The van der Waals surface area contributed by atoms with Crippen molar-refractivity contribution in [3.8, 4) is 0 Å². The van der Waals surface area contributed by atoms with Gasteiger partial charge in [0, 0.05) is 6.42 Å². The summed E-state index contributed by atoms with van der Waals surface area (Å²) in [5, 5.41) is -3.49. The van der Waals surface area contributed by atoms with Gasteiger partial charge in [0.25, 0.3) is 0 Å². The smallest absolute Gasteiger partial charge is 0.337 e. The van der Waals surface area contributed by atoms with Crippen LogP contribution in [0.4, 0.5) is 70.2 Å². The van der Waals surface area contributed by atoms with E-state index in [-0.39, 0.29) is 5.56 Å². The highest BCUT2D eigenvalue weighted by atomic mass is 35.5. The standard InChI is InChI=1S/C18H11ClF16N2O/c19-18(34,35)17(32,33)16(30,31)15(28,29)14(26,27)13(24,25)12(22,23)11(20,21)8-6-9(38)37-10(36-8)7-4-2-1-3-5-7/h1-5,8,10,36H,6H2,(H,37,38). The normalized spacial score (nSPS) is 21.3. The van der Waals surface area contributed by atoms with Gasteiger partial charge < -0.3 is 5.32 Å². The number of nitrogens with one attached hydrogen (secondary N) is 2. The highest BCUT2D eigenvalue weighted by Crippen LogP contribution is 2.64. The van der Waals surface area contributed by atoms with E-state index in [0.717, 1.165) is 12.1 Å². The van der Waals surface area contributed by atoms with Crippen molar-refractivity contribution >= 4 is 17.5 Å². The molecule has 0 saturated carbocycles. The number of rotatable bonds is 9. The number of hydrogen-bond donors (Lipinski definition) is 2. The van der Waals surface area contributed by atoms with Crippen LogP contribution < -0.4 is 10.6 Å². The molecule has 0 bridgehead atoms. The van der Waals surface area contributed by atoms with Gasteiger partial charge in [0.15, 0.2) is 0 Å². The van der Waals surface area contributed by atoms with Gasteiger partial charge >= 0.3 is 46.8 Å². The third kappa shape index (κ3) is 4.42. The Kier molecular flexibility index (Phi) is 7.75. The first-order chi connectivity index (χ1) is 16.7. The second kappa shape index (κ2) is 9.19. The summed E-state index contributed by atoms with van der Waals surface area (Å²) in [6.07, 6.45) is -3.77. The van der Waals surface area contributed by atoms with E-state index in [2.05, 4.69) is 11.6 Å². The molecule has 1 aromatic carbocycles. The molecule has 2 atom stereocenters. The molecule has 1 aliphatic rings. The van der Waals surface area contributed by atoms with Gasteiger partial charge in [-0.1, -0.05) is 30.3 Å². The summed E-state index contributed by atoms with van der Waals surface area (Å²) < 4.78 is 219. The molecular weight excluding hydrogens is 600 g/mol. The topological polar surface area (TPSA) is 41.1 Å². The third-order valence-corrected chi connectivity index (χ3v) is 5.62. The van der Waals surface area contributed by atoms with E-state index in [1.807, 2.05) is 5.32 Å². The van der Waals surface area contributed by atoms with Crippen LogP contribution in [0.25, 0.3) is 0 Å². The minimum Gasteiger partial charge on any atom is -0.337 e. The summed E-state index contributed by atoms with van der Waals surface area (Å²) in [5.74, 6) is -57.6. The fourth-order valence-corrected chi connectivity index (χ4v) is 3.28. The van der Waals surface area contributed by atoms with E-state index in [4.69, 9.17) is 0 Å². The molecule has 2 unspecified atom stereocenters. The van der Waals surface area contributed by atoms with Crippen molar-refractivity contribution in [3.63, 3.8) is 0 Å². The van der Waals surface area contributed by atoms with Crippen LogP contribution in [0, 0.1) is 0 Å². The first-order valence-corrected chi connectivity index (χ1v) is 9.91. The number of hydrogen-bond acceptors (Lipinski definition) is 2. The second-order valence-corrected chi connectivity index (χ2v) is 8.38. The average Bonchev–Trinajstić information content (AvgIpc) is 2.77. The molecule has 1 amide bonds. The van der Waals surface area contributed by atoms with Crippen LogP contribution >= 0.6 is 11.6 Å². The van der Waals surface area contributed by atoms with Crippen molar-refractivity contribution < 1.29 is 75.0 Å². The lowest BCUT2D eigenvalue weighted by molar-refractivity contribution is -0.450. The fraction of sp³-hybridized carbons (Fsp3) is 0.611. The molecule has 2 N–H and O–H groups in total. The quantitative estimate of drug-likeness (QED) is 0.250. The van der Waals surface area contributed by atoms with Crippen molar-refractivity contribution in [2.24, 2.45) is 0 Å². The zero-order chi connectivity index (χ0) is 30.0. The summed E-state index contributed by atoms with van der Waals surface area (Å²) >= 11 is 3.48. The molecule has 1 aromatic rings.